The summed E-state index contributed by atoms with van der Waals surface area (Å²) in [6.07, 6.45) is 6.65. The number of imidazole rings is 1. The summed E-state index contributed by atoms with van der Waals surface area (Å²) in [5.74, 6) is 0.0613. The highest BCUT2D eigenvalue weighted by Gasteiger charge is 2.18. The van der Waals surface area contributed by atoms with E-state index in [1.807, 2.05) is 6.07 Å². The van der Waals surface area contributed by atoms with Gasteiger partial charge in [-0.05, 0) is 42.7 Å². The second-order valence-corrected chi connectivity index (χ2v) is 5.19. The molecule has 2 aromatic heterocycles. The summed E-state index contributed by atoms with van der Waals surface area (Å²) in [5.41, 5.74) is 8.70. The Morgan fingerprint density at radius 1 is 1.44 bits per heavy atom. The fourth-order valence-corrected chi connectivity index (χ4v) is 2.98. The largest absolute Gasteiger partial charge is 0.384 e. The number of nitrogen functional groups attached to an aromatic ring is 1. The molecule has 0 saturated carbocycles. The van der Waals surface area contributed by atoms with Crippen molar-refractivity contribution in [2.24, 2.45) is 5.73 Å². The lowest BCUT2D eigenvalue weighted by Crippen LogP contribution is -2.14. The number of nitrogens with two attached hydrogens (primary N) is 1. The van der Waals surface area contributed by atoms with Crippen LogP contribution in [0, 0.1) is 5.41 Å². The zero-order valence-electron chi connectivity index (χ0n) is 9.73. The third-order valence-electron chi connectivity index (χ3n) is 2.97. The van der Waals surface area contributed by atoms with E-state index in [0.29, 0.717) is 5.56 Å². The average molecular weight is 259 g/mol. The van der Waals surface area contributed by atoms with Crippen molar-refractivity contribution in [3.8, 4) is 0 Å². The first-order chi connectivity index (χ1) is 8.74. The first-order valence-electron chi connectivity index (χ1n) is 5.78. The second kappa shape index (κ2) is 4.45. The Morgan fingerprint density at radius 2 is 2.33 bits per heavy atom. The molecule has 18 heavy (non-hydrogen) atoms. The van der Waals surface area contributed by atoms with Crippen molar-refractivity contribution in [1.82, 2.24) is 15.0 Å². The molecule has 4 N–H and O–H groups in total. The summed E-state index contributed by atoms with van der Waals surface area (Å²) in [4.78, 5) is 11.8. The molecule has 5 nitrogen and oxygen atoms in total. The lowest BCUT2D eigenvalue weighted by Gasteiger charge is -2.08. The quantitative estimate of drug-likeness (QED) is 0.578. The van der Waals surface area contributed by atoms with Gasteiger partial charge in [0.25, 0.3) is 0 Å². The topological polar surface area (TPSA) is 91.4 Å². The monoisotopic (exact) mass is 259 g/mol. The van der Waals surface area contributed by atoms with E-state index in [4.69, 9.17) is 11.1 Å². The molecule has 0 bridgehead atoms. The van der Waals surface area contributed by atoms with Gasteiger partial charge >= 0.3 is 0 Å². The van der Waals surface area contributed by atoms with Gasteiger partial charge in [0, 0.05) is 23.7 Å². The number of nitrogens with one attached hydrogen (secondary N) is 2. The smallest absolute Gasteiger partial charge is 0.171 e. The van der Waals surface area contributed by atoms with Crippen molar-refractivity contribution in [1.29, 1.82) is 5.41 Å². The normalized spacial score (nSPS) is 13.6. The molecular weight excluding hydrogens is 246 g/mol. The summed E-state index contributed by atoms with van der Waals surface area (Å²) < 4.78 is 0. The molecule has 0 fully saturated rings. The van der Waals surface area contributed by atoms with E-state index in [1.54, 1.807) is 12.4 Å². The maximum atomic E-state index is 7.66. The lowest BCUT2D eigenvalue weighted by atomic mass is 10.1. The minimum atomic E-state index is 0.0613. The van der Waals surface area contributed by atoms with Gasteiger partial charge in [0.15, 0.2) is 5.16 Å². The minimum absolute atomic E-state index is 0.0613. The number of H-pyrrole nitrogens is 1. The van der Waals surface area contributed by atoms with Gasteiger partial charge in [-0.2, -0.15) is 0 Å². The molecule has 0 aliphatic heterocycles. The lowest BCUT2D eigenvalue weighted by molar-refractivity contribution is 0.890. The zero-order valence-corrected chi connectivity index (χ0v) is 10.5. The highest BCUT2D eigenvalue weighted by Crippen LogP contribution is 2.30. The van der Waals surface area contributed by atoms with Crippen molar-refractivity contribution in [2.75, 3.05) is 0 Å². The maximum Gasteiger partial charge on any atom is 0.171 e. The van der Waals surface area contributed by atoms with E-state index >= 15 is 0 Å². The van der Waals surface area contributed by atoms with E-state index in [9.17, 15) is 0 Å². The molecule has 0 unspecified atom stereocenters. The molecule has 3 rings (SSSR count). The number of amidine groups is 1. The van der Waals surface area contributed by atoms with Crippen molar-refractivity contribution < 1.29 is 0 Å². The standard InChI is InChI=1S/C12H13N5S/c13-10(14)8-6-7-2-1-3-9(7)17-11(8)18-12-15-4-5-16-12/h4-6H,1-3H2,(H3,13,14)(H,15,16). The summed E-state index contributed by atoms with van der Waals surface area (Å²) in [7, 11) is 0. The van der Waals surface area contributed by atoms with Gasteiger partial charge < -0.3 is 10.7 Å². The van der Waals surface area contributed by atoms with E-state index in [-0.39, 0.29) is 5.84 Å². The number of hydrogen-bond acceptors (Lipinski definition) is 4. The Labute approximate surface area is 109 Å². The molecule has 1 aliphatic carbocycles. The molecule has 0 spiro atoms. The van der Waals surface area contributed by atoms with Crippen LogP contribution in [0.2, 0.25) is 0 Å². The second-order valence-electron chi connectivity index (χ2n) is 4.21. The first kappa shape index (κ1) is 11.3. The fraction of sp³-hybridized carbons (Fsp3) is 0.250. The van der Waals surface area contributed by atoms with Crippen LogP contribution in [0.3, 0.4) is 0 Å². The van der Waals surface area contributed by atoms with Gasteiger partial charge in [0.1, 0.15) is 10.9 Å². The van der Waals surface area contributed by atoms with Crippen LogP contribution in [0.1, 0.15) is 23.2 Å². The highest BCUT2D eigenvalue weighted by atomic mass is 32.2. The number of hydrogen-bond donors (Lipinski definition) is 3. The molecule has 0 amide bonds. The van der Waals surface area contributed by atoms with E-state index in [1.165, 1.54) is 17.3 Å². The van der Waals surface area contributed by atoms with Crippen LogP contribution in [0.4, 0.5) is 0 Å². The predicted molar refractivity (Wildman–Crippen MR) is 70.0 cm³/mol. The van der Waals surface area contributed by atoms with Crippen molar-refractivity contribution >= 4 is 17.6 Å². The Balaban J connectivity index is 2.03. The van der Waals surface area contributed by atoms with Crippen LogP contribution in [-0.2, 0) is 12.8 Å². The molecule has 0 saturated heterocycles. The van der Waals surface area contributed by atoms with Crippen LogP contribution in [0.5, 0.6) is 0 Å². The molecule has 0 atom stereocenters. The Hall–Kier alpha value is -1.82. The van der Waals surface area contributed by atoms with Crippen LogP contribution in [-0.4, -0.2) is 20.8 Å². The molecule has 2 heterocycles. The Morgan fingerprint density at radius 3 is 3.06 bits per heavy atom. The molecular formula is C12H13N5S. The van der Waals surface area contributed by atoms with E-state index in [0.717, 1.165) is 35.1 Å². The third kappa shape index (κ3) is 1.99. The van der Waals surface area contributed by atoms with Gasteiger partial charge in [-0.1, -0.05) is 0 Å². The number of pyridine rings is 1. The van der Waals surface area contributed by atoms with Crippen LogP contribution in [0.25, 0.3) is 0 Å². The molecule has 6 heteroatoms. The van der Waals surface area contributed by atoms with Gasteiger partial charge in [0.2, 0.25) is 0 Å². The molecule has 0 aromatic carbocycles. The number of aromatic nitrogens is 3. The molecule has 0 radical (unpaired) electrons. The summed E-state index contributed by atoms with van der Waals surface area (Å²) >= 11 is 1.42. The van der Waals surface area contributed by atoms with Gasteiger partial charge in [-0.3, -0.25) is 5.41 Å². The van der Waals surface area contributed by atoms with Gasteiger partial charge in [0.05, 0.1) is 0 Å². The average Bonchev–Trinajstić information content (AvgIpc) is 2.97. The molecule has 2 aromatic rings. The van der Waals surface area contributed by atoms with Crippen molar-refractivity contribution in [3.63, 3.8) is 0 Å². The molecule has 1 aliphatic rings. The minimum Gasteiger partial charge on any atom is -0.384 e. The number of nitrogens with zero attached hydrogens (tertiary/aromatic N) is 2. The number of aromatic amines is 1. The number of rotatable bonds is 3. The number of aryl methyl sites for hydroxylation is 2. The van der Waals surface area contributed by atoms with Crippen LogP contribution < -0.4 is 5.73 Å². The summed E-state index contributed by atoms with van der Waals surface area (Å²) in [5, 5.41) is 9.19. The first-order valence-corrected chi connectivity index (χ1v) is 6.60. The molecule has 92 valence electrons. The van der Waals surface area contributed by atoms with Crippen molar-refractivity contribution in [2.45, 2.75) is 29.4 Å². The van der Waals surface area contributed by atoms with Crippen molar-refractivity contribution in [3.05, 3.63) is 35.3 Å². The number of fused-ring (bicyclic) bond motifs is 1. The highest BCUT2D eigenvalue weighted by molar-refractivity contribution is 7.99. The van der Waals surface area contributed by atoms with Crippen LogP contribution >= 0.6 is 11.8 Å². The van der Waals surface area contributed by atoms with E-state index in [2.05, 4.69) is 15.0 Å². The van der Waals surface area contributed by atoms with Crippen LogP contribution in [0.15, 0.2) is 28.6 Å². The Kier molecular flexibility index (Phi) is 2.79. The predicted octanol–water partition coefficient (Wildman–Crippen LogP) is 1.73. The van der Waals surface area contributed by atoms with Gasteiger partial charge in [-0.15, -0.1) is 0 Å². The van der Waals surface area contributed by atoms with Gasteiger partial charge in [-0.25, -0.2) is 9.97 Å². The third-order valence-corrected chi connectivity index (χ3v) is 3.89. The fourth-order valence-electron chi connectivity index (χ4n) is 2.12. The summed E-state index contributed by atoms with van der Waals surface area (Å²) in [6, 6.07) is 2.00. The zero-order chi connectivity index (χ0) is 12.5. The van der Waals surface area contributed by atoms with E-state index < -0.39 is 0 Å². The maximum absolute atomic E-state index is 7.66. The Bertz CT molecular complexity index is 591. The summed E-state index contributed by atoms with van der Waals surface area (Å²) in [6.45, 7) is 0. The SMILES string of the molecule is N=C(N)c1cc2c(nc1Sc1ncc[nH]1)CCC2.